The van der Waals surface area contributed by atoms with Gasteiger partial charge in [0, 0.05) is 5.69 Å². The number of fused-ring (bicyclic) bond motifs is 1. The molecule has 2 amide bonds. The van der Waals surface area contributed by atoms with Crippen LogP contribution in [0, 0.1) is 0 Å². The first-order valence-corrected chi connectivity index (χ1v) is 9.80. The first-order chi connectivity index (χ1) is 14.2. The number of carbonyl (C=O) groups excluding carboxylic acids is 2. The van der Waals surface area contributed by atoms with Gasteiger partial charge < -0.3 is 19.3 Å². The van der Waals surface area contributed by atoms with Crippen molar-refractivity contribution in [3.05, 3.63) is 54.6 Å². The third-order valence-electron chi connectivity index (χ3n) is 5.13. The predicted molar refractivity (Wildman–Crippen MR) is 107 cm³/mol. The maximum atomic E-state index is 12.3. The highest BCUT2D eigenvalue weighted by Gasteiger charge is 2.28. The Morgan fingerprint density at radius 1 is 0.966 bits per heavy atom. The van der Waals surface area contributed by atoms with E-state index >= 15 is 0 Å². The molecular weight excluding hydrogens is 372 g/mol. The number of nitrogens with one attached hydrogen (secondary N) is 3. The summed E-state index contributed by atoms with van der Waals surface area (Å²) in [5.41, 5.74) is 6.13. The molecule has 1 saturated heterocycles. The van der Waals surface area contributed by atoms with Crippen molar-refractivity contribution in [2.75, 3.05) is 44.2 Å². The molecule has 1 fully saturated rings. The monoisotopic (exact) mass is 397 g/mol. The molecule has 2 aromatic carbocycles. The van der Waals surface area contributed by atoms with Crippen molar-refractivity contribution in [2.24, 2.45) is 0 Å². The molecule has 29 heavy (non-hydrogen) atoms. The molecule has 0 radical (unpaired) electrons. The Morgan fingerprint density at radius 2 is 1.66 bits per heavy atom. The largest absolute Gasteiger partial charge is 0.485 e. The quantitative estimate of drug-likeness (QED) is 0.599. The molecule has 8 nitrogen and oxygen atoms in total. The third kappa shape index (κ3) is 4.78. The van der Waals surface area contributed by atoms with E-state index in [1.807, 2.05) is 30.3 Å². The number of carbonyl (C=O) groups is 2. The summed E-state index contributed by atoms with van der Waals surface area (Å²) in [5.74, 6) is 0.472. The first-order valence-electron chi connectivity index (χ1n) is 9.80. The molecule has 3 N–H and O–H groups in total. The minimum absolute atomic E-state index is 0.103. The van der Waals surface area contributed by atoms with E-state index in [1.54, 1.807) is 12.1 Å². The van der Waals surface area contributed by atoms with Gasteiger partial charge in [0.1, 0.15) is 6.61 Å². The average Bonchev–Trinajstić information content (AvgIpc) is 2.78. The molecule has 8 heteroatoms. The van der Waals surface area contributed by atoms with Gasteiger partial charge in [-0.2, -0.15) is 0 Å². The molecule has 152 valence electrons. The standard InChI is InChI=1S/C21H24N4O4/c26-20(14-24-10-12-25(13-11-24)16-6-2-1-3-7-16)22-23-21(27)19-15-28-17-8-4-5-9-18(17)29-19/h1-9,19H,10-15H2,(H,22,26)(H,23,27)/p+1/t19-/m1/s1. The van der Waals surface area contributed by atoms with Gasteiger partial charge in [0.15, 0.2) is 18.0 Å². The number of hydrazine groups is 1. The summed E-state index contributed by atoms with van der Waals surface area (Å²) >= 11 is 0. The van der Waals surface area contributed by atoms with Crippen LogP contribution in [0.3, 0.4) is 0 Å². The number of nitrogens with zero attached hydrogens (tertiary/aromatic N) is 1. The zero-order valence-electron chi connectivity index (χ0n) is 16.1. The second-order valence-corrected chi connectivity index (χ2v) is 7.15. The van der Waals surface area contributed by atoms with E-state index in [1.165, 1.54) is 10.6 Å². The molecule has 0 saturated carbocycles. The van der Waals surface area contributed by atoms with E-state index in [4.69, 9.17) is 9.47 Å². The van der Waals surface area contributed by atoms with Crippen LogP contribution in [0.4, 0.5) is 5.69 Å². The lowest BCUT2D eigenvalue weighted by atomic mass is 10.2. The Kier molecular flexibility index (Phi) is 5.81. The highest BCUT2D eigenvalue weighted by molar-refractivity contribution is 5.85. The van der Waals surface area contributed by atoms with Crippen LogP contribution in [0.5, 0.6) is 11.5 Å². The minimum atomic E-state index is -0.799. The summed E-state index contributed by atoms with van der Waals surface area (Å²) in [6.07, 6.45) is -0.799. The SMILES string of the molecule is O=C(C[NH+]1CCN(c2ccccc2)CC1)NNC(=O)[C@H]1COc2ccccc2O1. The summed E-state index contributed by atoms with van der Waals surface area (Å²) in [6.45, 7) is 3.94. The van der Waals surface area contributed by atoms with Crippen LogP contribution in [0.15, 0.2) is 54.6 Å². The zero-order chi connectivity index (χ0) is 20.1. The number of ether oxygens (including phenoxy) is 2. The molecule has 2 heterocycles. The number of amides is 2. The Balaban J connectivity index is 1.18. The summed E-state index contributed by atoms with van der Waals surface area (Å²) in [5, 5.41) is 0. The normalized spacial score (nSPS) is 18.8. The van der Waals surface area contributed by atoms with Crippen molar-refractivity contribution < 1.29 is 24.0 Å². The molecule has 0 bridgehead atoms. The Labute approximate surface area is 169 Å². The summed E-state index contributed by atoms with van der Waals surface area (Å²) < 4.78 is 11.2. The highest BCUT2D eigenvalue weighted by Crippen LogP contribution is 2.30. The maximum Gasteiger partial charge on any atom is 0.293 e. The molecule has 2 aromatic rings. The van der Waals surface area contributed by atoms with Crippen molar-refractivity contribution in [2.45, 2.75) is 6.10 Å². The highest BCUT2D eigenvalue weighted by atomic mass is 16.6. The van der Waals surface area contributed by atoms with Gasteiger partial charge in [0.2, 0.25) is 6.10 Å². The molecular formula is C21H25N4O4+. The van der Waals surface area contributed by atoms with Gasteiger partial charge in [-0.3, -0.25) is 20.4 Å². The Morgan fingerprint density at radius 3 is 2.41 bits per heavy atom. The molecule has 0 aromatic heterocycles. The van der Waals surface area contributed by atoms with Crippen molar-refractivity contribution in [3.8, 4) is 11.5 Å². The first kappa shape index (κ1) is 19.1. The maximum absolute atomic E-state index is 12.3. The minimum Gasteiger partial charge on any atom is -0.485 e. The van der Waals surface area contributed by atoms with Gasteiger partial charge in [0.05, 0.1) is 26.2 Å². The fourth-order valence-electron chi connectivity index (χ4n) is 3.53. The van der Waals surface area contributed by atoms with Crippen LogP contribution in [0.2, 0.25) is 0 Å². The average molecular weight is 397 g/mol. The van der Waals surface area contributed by atoms with Crippen molar-refractivity contribution in [1.29, 1.82) is 0 Å². The van der Waals surface area contributed by atoms with Gasteiger partial charge in [0.25, 0.3) is 11.8 Å². The number of anilines is 1. The number of piperazine rings is 1. The van der Waals surface area contributed by atoms with Crippen molar-refractivity contribution >= 4 is 17.5 Å². The molecule has 0 aliphatic carbocycles. The number of benzene rings is 2. The van der Waals surface area contributed by atoms with Gasteiger partial charge in [-0.25, -0.2) is 0 Å². The number of quaternary nitrogens is 1. The lowest BCUT2D eigenvalue weighted by molar-refractivity contribution is -0.892. The topological polar surface area (TPSA) is 84.3 Å². The molecule has 2 aliphatic rings. The second-order valence-electron chi connectivity index (χ2n) is 7.15. The fraction of sp³-hybridized carbons (Fsp3) is 0.333. The lowest BCUT2D eigenvalue weighted by Gasteiger charge is -2.33. The van der Waals surface area contributed by atoms with Crippen molar-refractivity contribution in [1.82, 2.24) is 10.9 Å². The number of hydrogen-bond acceptors (Lipinski definition) is 5. The second kappa shape index (κ2) is 8.83. The summed E-state index contributed by atoms with van der Waals surface area (Å²) in [4.78, 5) is 28.0. The van der Waals surface area contributed by atoms with Crippen LogP contribution in [0.1, 0.15) is 0 Å². The van der Waals surface area contributed by atoms with Crippen LogP contribution in [-0.4, -0.2) is 57.2 Å². The fourth-order valence-corrected chi connectivity index (χ4v) is 3.53. The van der Waals surface area contributed by atoms with E-state index in [2.05, 4.69) is 27.9 Å². The number of rotatable bonds is 4. The summed E-state index contributed by atoms with van der Waals surface area (Å²) in [7, 11) is 0. The van der Waals surface area contributed by atoms with Gasteiger partial charge in [-0.1, -0.05) is 30.3 Å². The van der Waals surface area contributed by atoms with E-state index in [9.17, 15) is 9.59 Å². The number of para-hydroxylation sites is 3. The molecule has 1 atom stereocenters. The van der Waals surface area contributed by atoms with Crippen LogP contribution < -0.4 is 30.1 Å². The van der Waals surface area contributed by atoms with E-state index in [0.717, 1.165) is 26.2 Å². The van der Waals surface area contributed by atoms with Crippen LogP contribution in [-0.2, 0) is 9.59 Å². The van der Waals surface area contributed by atoms with Crippen molar-refractivity contribution in [3.63, 3.8) is 0 Å². The summed E-state index contributed by atoms with van der Waals surface area (Å²) in [6, 6.07) is 17.4. The molecule has 2 aliphatic heterocycles. The predicted octanol–water partition coefficient (Wildman–Crippen LogP) is -0.621. The molecule has 0 unspecified atom stereocenters. The van der Waals surface area contributed by atoms with Gasteiger partial charge >= 0.3 is 0 Å². The van der Waals surface area contributed by atoms with E-state index in [0.29, 0.717) is 18.0 Å². The van der Waals surface area contributed by atoms with Gasteiger partial charge in [-0.15, -0.1) is 0 Å². The van der Waals surface area contributed by atoms with Gasteiger partial charge in [-0.05, 0) is 24.3 Å². The lowest BCUT2D eigenvalue weighted by Crippen LogP contribution is -3.16. The smallest absolute Gasteiger partial charge is 0.293 e. The zero-order valence-corrected chi connectivity index (χ0v) is 16.1. The van der Waals surface area contributed by atoms with E-state index < -0.39 is 12.0 Å². The Hall–Kier alpha value is -3.26. The number of hydrogen-bond donors (Lipinski definition) is 3. The molecule has 4 rings (SSSR count). The van der Waals surface area contributed by atoms with E-state index in [-0.39, 0.29) is 12.5 Å². The Bertz CT molecular complexity index is 853. The van der Waals surface area contributed by atoms with Crippen LogP contribution in [0.25, 0.3) is 0 Å². The molecule has 0 spiro atoms. The third-order valence-corrected chi connectivity index (χ3v) is 5.13. The van der Waals surface area contributed by atoms with Crippen LogP contribution >= 0.6 is 0 Å².